The molecule has 0 unspecified atom stereocenters. The van der Waals surface area contributed by atoms with E-state index in [0.717, 1.165) is 22.3 Å². The van der Waals surface area contributed by atoms with Crippen molar-refractivity contribution in [2.24, 2.45) is 0 Å². The molecule has 0 spiro atoms. The minimum Gasteiger partial charge on any atom is -0.507 e. The van der Waals surface area contributed by atoms with Crippen LogP contribution in [0.15, 0.2) is 42.9 Å². The van der Waals surface area contributed by atoms with Gasteiger partial charge in [0.2, 0.25) is 5.88 Å². The molecule has 0 aliphatic carbocycles. The van der Waals surface area contributed by atoms with Gasteiger partial charge in [-0.25, -0.2) is 9.89 Å². The number of benzene rings is 1. The smallest absolute Gasteiger partial charge is 0.424 e. The summed E-state index contributed by atoms with van der Waals surface area (Å²) in [4.78, 5) is 12.0. The second kappa shape index (κ2) is 5.40. The zero-order valence-electron chi connectivity index (χ0n) is 12.2. The van der Waals surface area contributed by atoms with Gasteiger partial charge in [0.25, 0.3) is 0 Å². The number of aromatic nitrogens is 3. The molecule has 0 bridgehead atoms. The van der Waals surface area contributed by atoms with E-state index in [4.69, 9.17) is 4.74 Å². The summed E-state index contributed by atoms with van der Waals surface area (Å²) >= 11 is 0. The Morgan fingerprint density at radius 3 is 2.59 bits per heavy atom. The Labute approximate surface area is 127 Å². The molecule has 2 heterocycles. The van der Waals surface area contributed by atoms with Crippen LogP contribution in [-0.4, -0.2) is 26.0 Å². The van der Waals surface area contributed by atoms with Gasteiger partial charge >= 0.3 is 6.09 Å². The van der Waals surface area contributed by atoms with Crippen molar-refractivity contribution >= 4 is 6.09 Å². The molecule has 0 amide bonds. The Hall–Kier alpha value is -3.02. The van der Waals surface area contributed by atoms with Gasteiger partial charge in [0.15, 0.2) is 0 Å². The monoisotopic (exact) mass is 297 g/mol. The third kappa shape index (κ3) is 2.58. The van der Waals surface area contributed by atoms with Crippen molar-refractivity contribution in [2.45, 2.75) is 13.8 Å². The molecule has 1 aromatic carbocycles. The second-order valence-electron chi connectivity index (χ2n) is 5.05. The van der Waals surface area contributed by atoms with Gasteiger partial charge in [0, 0.05) is 18.5 Å². The molecule has 0 fully saturated rings. The Balaban J connectivity index is 1.86. The van der Waals surface area contributed by atoms with Crippen LogP contribution in [0.2, 0.25) is 0 Å². The number of aryl methyl sites for hydroxylation is 2. The fourth-order valence-corrected chi connectivity index (χ4v) is 2.25. The number of nitrogens with zero attached hydrogens (tertiary/aromatic N) is 2. The van der Waals surface area contributed by atoms with E-state index in [-0.39, 0.29) is 5.88 Å². The summed E-state index contributed by atoms with van der Waals surface area (Å²) in [5.74, 6) is 0.582. The molecule has 3 aromatic rings. The van der Waals surface area contributed by atoms with E-state index in [2.05, 4.69) is 10.2 Å². The number of H-pyrrole nitrogens is 1. The minimum atomic E-state index is -0.525. The van der Waals surface area contributed by atoms with Crippen LogP contribution in [-0.2, 0) is 0 Å². The van der Waals surface area contributed by atoms with E-state index in [0.29, 0.717) is 5.75 Å². The number of aromatic amines is 1. The molecule has 0 saturated carbocycles. The van der Waals surface area contributed by atoms with Gasteiger partial charge in [-0.2, -0.15) is 5.10 Å². The Morgan fingerprint density at radius 2 is 1.95 bits per heavy atom. The molecular formula is C16H15N3O3. The quantitative estimate of drug-likeness (QED) is 0.761. The van der Waals surface area contributed by atoms with Crippen LogP contribution < -0.4 is 4.74 Å². The lowest BCUT2D eigenvalue weighted by Gasteiger charge is -2.06. The van der Waals surface area contributed by atoms with Crippen molar-refractivity contribution in [3.05, 3.63) is 54.0 Å². The van der Waals surface area contributed by atoms with Gasteiger partial charge in [0.05, 0.1) is 6.20 Å². The van der Waals surface area contributed by atoms with Gasteiger partial charge in [-0.05, 0) is 54.3 Å². The molecule has 2 aromatic heterocycles. The van der Waals surface area contributed by atoms with Gasteiger partial charge < -0.3 is 9.84 Å². The number of aromatic hydroxyl groups is 1. The summed E-state index contributed by atoms with van der Waals surface area (Å²) in [6.07, 6.45) is 4.30. The summed E-state index contributed by atoms with van der Waals surface area (Å²) < 4.78 is 6.48. The first-order valence-electron chi connectivity index (χ1n) is 6.75. The summed E-state index contributed by atoms with van der Waals surface area (Å²) in [5, 5.41) is 16.1. The standard InChI is InChI=1S/C16H15N3O3/c1-10-7-13(8-11(2)15(10)20)12-4-6-19(9-12)16(21)22-14-3-5-17-18-14/h3-9,20H,1-2H3,(H,17,18). The van der Waals surface area contributed by atoms with E-state index in [1.165, 1.54) is 10.8 Å². The van der Waals surface area contributed by atoms with Crippen LogP contribution in [0.5, 0.6) is 11.6 Å². The van der Waals surface area contributed by atoms with Crippen LogP contribution in [0.1, 0.15) is 11.1 Å². The number of rotatable bonds is 2. The summed E-state index contributed by atoms with van der Waals surface area (Å²) in [6, 6.07) is 7.14. The average molecular weight is 297 g/mol. The fourth-order valence-electron chi connectivity index (χ4n) is 2.25. The van der Waals surface area contributed by atoms with Crippen LogP contribution in [0.25, 0.3) is 11.1 Å². The van der Waals surface area contributed by atoms with Gasteiger partial charge in [-0.3, -0.25) is 4.57 Å². The zero-order valence-corrected chi connectivity index (χ0v) is 12.2. The molecule has 2 N–H and O–H groups in total. The average Bonchev–Trinajstić information content (AvgIpc) is 3.15. The highest BCUT2D eigenvalue weighted by atomic mass is 16.6. The molecule has 3 rings (SSSR count). The molecule has 0 saturated heterocycles. The first-order valence-corrected chi connectivity index (χ1v) is 6.75. The lowest BCUT2D eigenvalue weighted by molar-refractivity contribution is 0.200. The first kappa shape index (κ1) is 13.9. The highest BCUT2D eigenvalue weighted by Crippen LogP contribution is 2.29. The van der Waals surface area contributed by atoms with Gasteiger partial charge in [0.1, 0.15) is 5.75 Å². The van der Waals surface area contributed by atoms with E-state index in [1.54, 1.807) is 18.5 Å². The maximum Gasteiger partial charge on any atom is 0.424 e. The number of phenols is 1. The molecule has 0 aliphatic heterocycles. The SMILES string of the molecule is Cc1cc(-c2ccn(C(=O)Oc3ccn[nH]3)c2)cc(C)c1O. The topological polar surface area (TPSA) is 80.1 Å². The van der Waals surface area contributed by atoms with Crippen molar-refractivity contribution in [3.63, 3.8) is 0 Å². The van der Waals surface area contributed by atoms with Gasteiger partial charge in [-0.1, -0.05) is 0 Å². The number of hydrogen-bond acceptors (Lipinski definition) is 4. The van der Waals surface area contributed by atoms with Gasteiger partial charge in [-0.15, -0.1) is 0 Å². The largest absolute Gasteiger partial charge is 0.507 e. The lowest BCUT2D eigenvalue weighted by Crippen LogP contribution is -2.14. The first-order chi connectivity index (χ1) is 10.5. The predicted molar refractivity (Wildman–Crippen MR) is 81.0 cm³/mol. The summed E-state index contributed by atoms with van der Waals surface area (Å²) in [6.45, 7) is 3.69. The third-order valence-corrected chi connectivity index (χ3v) is 3.40. The van der Waals surface area contributed by atoms with E-state index in [1.807, 2.05) is 32.0 Å². The van der Waals surface area contributed by atoms with Crippen molar-refractivity contribution < 1.29 is 14.6 Å². The Morgan fingerprint density at radius 1 is 1.23 bits per heavy atom. The fraction of sp³-hybridized carbons (Fsp3) is 0.125. The predicted octanol–water partition coefficient (Wildman–Crippen LogP) is 3.25. The lowest BCUT2D eigenvalue weighted by atomic mass is 10.0. The Bertz CT molecular complexity index is 796. The normalized spacial score (nSPS) is 10.6. The Kier molecular flexibility index (Phi) is 3.42. The van der Waals surface area contributed by atoms with E-state index >= 15 is 0 Å². The molecule has 112 valence electrons. The van der Waals surface area contributed by atoms with Crippen LogP contribution in [0.4, 0.5) is 4.79 Å². The minimum absolute atomic E-state index is 0.288. The summed E-state index contributed by atoms with van der Waals surface area (Å²) in [7, 11) is 0. The van der Waals surface area contributed by atoms with E-state index < -0.39 is 6.09 Å². The van der Waals surface area contributed by atoms with Crippen molar-refractivity contribution in [2.75, 3.05) is 0 Å². The zero-order chi connectivity index (χ0) is 15.7. The number of carbonyl (C=O) groups excluding carboxylic acids is 1. The summed E-state index contributed by atoms with van der Waals surface area (Å²) in [5.41, 5.74) is 3.39. The highest BCUT2D eigenvalue weighted by Gasteiger charge is 2.11. The third-order valence-electron chi connectivity index (χ3n) is 3.40. The van der Waals surface area contributed by atoms with E-state index in [9.17, 15) is 9.90 Å². The van der Waals surface area contributed by atoms with Crippen LogP contribution in [0, 0.1) is 13.8 Å². The molecule has 22 heavy (non-hydrogen) atoms. The molecule has 0 radical (unpaired) electrons. The number of hydrogen-bond donors (Lipinski definition) is 2. The molecule has 6 nitrogen and oxygen atoms in total. The number of nitrogens with one attached hydrogen (secondary N) is 1. The molecule has 0 aliphatic rings. The van der Waals surface area contributed by atoms with Crippen LogP contribution in [0.3, 0.4) is 0 Å². The van der Waals surface area contributed by atoms with Crippen molar-refractivity contribution in [1.82, 2.24) is 14.8 Å². The molecular weight excluding hydrogens is 282 g/mol. The maximum absolute atomic E-state index is 12.0. The van der Waals surface area contributed by atoms with Crippen LogP contribution >= 0.6 is 0 Å². The van der Waals surface area contributed by atoms with Crippen molar-refractivity contribution in [3.8, 4) is 22.8 Å². The number of carbonyl (C=O) groups is 1. The van der Waals surface area contributed by atoms with Crippen molar-refractivity contribution in [1.29, 1.82) is 0 Å². The number of phenolic OH excluding ortho intramolecular Hbond substituents is 1. The highest BCUT2D eigenvalue weighted by molar-refractivity contribution is 5.76. The number of ether oxygens (including phenoxy) is 1. The second-order valence-corrected chi connectivity index (χ2v) is 5.05. The molecule has 6 heteroatoms. The maximum atomic E-state index is 12.0. The molecule has 0 atom stereocenters.